The molecule has 0 aliphatic carbocycles. The number of amides is 1. The molecule has 1 rings (SSSR count). The number of carbonyl (C=O) groups excluding carboxylic acids is 1. The SMILES string of the molecule is C#CC(C)(OC(=O)NCC)c1cccnc1. The fourth-order valence-electron chi connectivity index (χ4n) is 1.18. The number of ether oxygens (including phenoxy) is 1. The summed E-state index contributed by atoms with van der Waals surface area (Å²) in [5.74, 6) is 2.46. The highest BCUT2D eigenvalue weighted by Gasteiger charge is 2.28. The minimum Gasteiger partial charge on any atom is -0.426 e. The Morgan fingerprint density at radius 3 is 3.00 bits per heavy atom. The highest BCUT2D eigenvalue weighted by atomic mass is 16.6. The third-order valence-corrected chi connectivity index (χ3v) is 2.11. The van der Waals surface area contributed by atoms with E-state index in [9.17, 15) is 4.79 Å². The summed E-state index contributed by atoms with van der Waals surface area (Å²) in [6, 6.07) is 3.51. The van der Waals surface area contributed by atoms with Gasteiger partial charge in [-0.25, -0.2) is 4.79 Å². The van der Waals surface area contributed by atoms with Crippen LogP contribution in [0.25, 0.3) is 0 Å². The van der Waals surface area contributed by atoms with E-state index in [2.05, 4.69) is 16.2 Å². The molecule has 1 unspecified atom stereocenters. The lowest BCUT2D eigenvalue weighted by Crippen LogP contribution is -2.34. The number of nitrogens with zero attached hydrogens (tertiary/aromatic N) is 1. The van der Waals surface area contributed by atoms with E-state index in [0.29, 0.717) is 12.1 Å². The van der Waals surface area contributed by atoms with Crippen molar-refractivity contribution in [2.24, 2.45) is 0 Å². The Labute approximate surface area is 95.0 Å². The maximum Gasteiger partial charge on any atom is 0.408 e. The quantitative estimate of drug-likeness (QED) is 0.785. The molecule has 16 heavy (non-hydrogen) atoms. The predicted molar refractivity (Wildman–Crippen MR) is 60.6 cm³/mol. The number of aromatic nitrogens is 1. The standard InChI is InChI=1S/C12H14N2O2/c1-4-12(3,16-11(15)14-5-2)10-7-6-8-13-9-10/h1,6-9H,5H2,2-3H3,(H,14,15). The van der Waals surface area contributed by atoms with Crippen LogP contribution in [0.1, 0.15) is 19.4 Å². The minimum absolute atomic E-state index is 0.493. The molecule has 4 heteroatoms. The van der Waals surface area contributed by atoms with Gasteiger partial charge in [-0.05, 0) is 19.9 Å². The van der Waals surface area contributed by atoms with E-state index in [4.69, 9.17) is 11.2 Å². The number of hydrogen-bond acceptors (Lipinski definition) is 3. The van der Waals surface area contributed by atoms with Crippen LogP contribution in [0.15, 0.2) is 24.5 Å². The second kappa shape index (κ2) is 5.17. The second-order valence-corrected chi connectivity index (χ2v) is 3.34. The molecule has 0 aromatic carbocycles. The van der Waals surface area contributed by atoms with Crippen molar-refractivity contribution < 1.29 is 9.53 Å². The fourth-order valence-corrected chi connectivity index (χ4v) is 1.18. The Bertz CT molecular complexity index is 397. The average molecular weight is 218 g/mol. The summed E-state index contributed by atoms with van der Waals surface area (Å²) in [6.07, 6.45) is 8.08. The fraction of sp³-hybridized carbons (Fsp3) is 0.333. The Morgan fingerprint density at radius 1 is 1.75 bits per heavy atom. The number of terminal acetylenes is 1. The largest absolute Gasteiger partial charge is 0.426 e. The Balaban J connectivity index is 2.88. The highest BCUT2D eigenvalue weighted by Crippen LogP contribution is 2.23. The van der Waals surface area contributed by atoms with E-state index in [1.165, 1.54) is 0 Å². The lowest BCUT2D eigenvalue weighted by molar-refractivity contribution is 0.0648. The molecule has 0 saturated carbocycles. The molecule has 1 heterocycles. The molecule has 0 spiro atoms. The zero-order chi connectivity index (χ0) is 12.0. The van der Waals surface area contributed by atoms with Crippen LogP contribution in [0.3, 0.4) is 0 Å². The lowest BCUT2D eigenvalue weighted by Gasteiger charge is -2.23. The van der Waals surface area contributed by atoms with Gasteiger partial charge in [-0.3, -0.25) is 4.98 Å². The van der Waals surface area contributed by atoms with Crippen molar-refractivity contribution in [2.75, 3.05) is 6.54 Å². The summed E-state index contributed by atoms with van der Waals surface area (Å²) in [6.45, 7) is 3.95. The molecule has 0 bridgehead atoms. The predicted octanol–water partition coefficient (Wildman–Crippen LogP) is 1.68. The van der Waals surface area contributed by atoms with Gasteiger partial charge in [0.1, 0.15) is 0 Å². The van der Waals surface area contributed by atoms with Crippen molar-refractivity contribution in [2.45, 2.75) is 19.4 Å². The zero-order valence-corrected chi connectivity index (χ0v) is 9.36. The zero-order valence-electron chi connectivity index (χ0n) is 9.36. The first-order valence-electron chi connectivity index (χ1n) is 4.97. The van der Waals surface area contributed by atoms with Crippen molar-refractivity contribution in [1.82, 2.24) is 10.3 Å². The van der Waals surface area contributed by atoms with Gasteiger partial charge in [-0.15, -0.1) is 6.42 Å². The summed E-state index contributed by atoms with van der Waals surface area (Å²) < 4.78 is 5.19. The summed E-state index contributed by atoms with van der Waals surface area (Å²) in [5, 5.41) is 2.53. The van der Waals surface area contributed by atoms with E-state index < -0.39 is 11.7 Å². The summed E-state index contributed by atoms with van der Waals surface area (Å²) in [5.41, 5.74) is -0.420. The molecule has 1 aromatic heterocycles. The van der Waals surface area contributed by atoms with Crippen molar-refractivity contribution in [3.63, 3.8) is 0 Å². The molecule has 1 amide bonds. The van der Waals surface area contributed by atoms with Crippen molar-refractivity contribution >= 4 is 6.09 Å². The lowest BCUT2D eigenvalue weighted by atomic mass is 9.99. The van der Waals surface area contributed by atoms with Gasteiger partial charge in [-0.1, -0.05) is 12.0 Å². The summed E-state index contributed by atoms with van der Waals surface area (Å²) >= 11 is 0. The smallest absolute Gasteiger partial charge is 0.408 e. The van der Waals surface area contributed by atoms with Crippen LogP contribution >= 0.6 is 0 Å². The van der Waals surface area contributed by atoms with E-state index in [1.54, 1.807) is 38.4 Å². The summed E-state index contributed by atoms with van der Waals surface area (Å²) in [4.78, 5) is 15.3. The van der Waals surface area contributed by atoms with Crippen LogP contribution in [0.2, 0.25) is 0 Å². The number of nitrogens with one attached hydrogen (secondary N) is 1. The van der Waals surface area contributed by atoms with Crippen LogP contribution < -0.4 is 5.32 Å². The van der Waals surface area contributed by atoms with Gasteiger partial charge in [0.05, 0.1) is 0 Å². The molecule has 84 valence electrons. The summed E-state index contributed by atoms with van der Waals surface area (Å²) in [7, 11) is 0. The average Bonchev–Trinajstić information content (AvgIpc) is 2.30. The molecule has 1 aromatic rings. The van der Waals surface area contributed by atoms with E-state index in [0.717, 1.165) is 0 Å². The molecular weight excluding hydrogens is 204 g/mol. The number of alkyl carbamates (subject to hydrolysis) is 1. The van der Waals surface area contributed by atoms with Gasteiger partial charge >= 0.3 is 6.09 Å². The first kappa shape index (κ1) is 12.1. The Hall–Kier alpha value is -2.02. The molecule has 0 fully saturated rings. The Kier molecular flexibility index (Phi) is 3.90. The molecule has 0 aliphatic rings. The monoisotopic (exact) mass is 218 g/mol. The van der Waals surface area contributed by atoms with Gasteiger partial charge in [0.2, 0.25) is 0 Å². The van der Waals surface area contributed by atoms with Gasteiger partial charge in [-0.2, -0.15) is 0 Å². The third-order valence-electron chi connectivity index (χ3n) is 2.11. The van der Waals surface area contributed by atoms with E-state index in [-0.39, 0.29) is 0 Å². The van der Waals surface area contributed by atoms with Crippen molar-refractivity contribution in [1.29, 1.82) is 0 Å². The van der Waals surface area contributed by atoms with Crippen LogP contribution in [-0.2, 0) is 10.3 Å². The normalized spacial score (nSPS) is 13.3. The molecule has 1 atom stereocenters. The van der Waals surface area contributed by atoms with Gasteiger partial charge < -0.3 is 10.1 Å². The van der Waals surface area contributed by atoms with Gasteiger partial charge in [0, 0.05) is 24.5 Å². The number of rotatable bonds is 3. The molecule has 0 aliphatic heterocycles. The molecule has 0 saturated heterocycles. The number of carbonyl (C=O) groups is 1. The van der Waals surface area contributed by atoms with Gasteiger partial charge in [0.15, 0.2) is 5.60 Å². The molecule has 4 nitrogen and oxygen atoms in total. The molecule has 1 N–H and O–H groups in total. The first-order chi connectivity index (χ1) is 7.62. The second-order valence-electron chi connectivity index (χ2n) is 3.34. The third kappa shape index (κ3) is 2.74. The maximum absolute atomic E-state index is 11.3. The molecular formula is C12H14N2O2. The van der Waals surface area contributed by atoms with Crippen molar-refractivity contribution in [3.8, 4) is 12.3 Å². The minimum atomic E-state index is -1.09. The van der Waals surface area contributed by atoms with Crippen LogP contribution in [0, 0.1) is 12.3 Å². The van der Waals surface area contributed by atoms with Gasteiger partial charge in [0.25, 0.3) is 0 Å². The van der Waals surface area contributed by atoms with Crippen LogP contribution in [-0.4, -0.2) is 17.6 Å². The first-order valence-corrected chi connectivity index (χ1v) is 4.97. The van der Waals surface area contributed by atoms with Crippen molar-refractivity contribution in [3.05, 3.63) is 30.1 Å². The molecule has 0 radical (unpaired) electrons. The van der Waals surface area contributed by atoms with Crippen LogP contribution in [0.4, 0.5) is 4.79 Å². The van der Waals surface area contributed by atoms with E-state index >= 15 is 0 Å². The topological polar surface area (TPSA) is 51.2 Å². The van der Waals surface area contributed by atoms with Crippen LogP contribution in [0.5, 0.6) is 0 Å². The number of pyridine rings is 1. The van der Waals surface area contributed by atoms with E-state index in [1.807, 2.05) is 0 Å². The maximum atomic E-state index is 11.3. The Morgan fingerprint density at radius 2 is 2.50 bits per heavy atom. The number of hydrogen-bond donors (Lipinski definition) is 1. The highest BCUT2D eigenvalue weighted by molar-refractivity contribution is 5.68.